The summed E-state index contributed by atoms with van der Waals surface area (Å²) < 4.78 is 35.8. The van der Waals surface area contributed by atoms with Crippen LogP contribution in [0.25, 0.3) is 0 Å². The molecule has 0 aliphatic carbocycles. The molecule has 1 fully saturated rings. The third-order valence-corrected chi connectivity index (χ3v) is 3.39. The highest BCUT2D eigenvalue weighted by molar-refractivity contribution is 8.00. The van der Waals surface area contributed by atoms with Crippen LogP contribution in [-0.4, -0.2) is 48.4 Å². The lowest BCUT2D eigenvalue weighted by Crippen LogP contribution is -2.46. The zero-order chi connectivity index (χ0) is 12.0. The minimum Gasteiger partial charge on any atom is -0.313 e. The van der Waals surface area contributed by atoms with Crippen molar-refractivity contribution in [3.05, 3.63) is 0 Å². The Kier molecular flexibility index (Phi) is 5.92. The van der Waals surface area contributed by atoms with Crippen molar-refractivity contribution in [3.8, 4) is 0 Å². The molecule has 0 bridgehead atoms. The Morgan fingerprint density at radius 1 is 1.44 bits per heavy atom. The number of alkyl halides is 3. The minimum absolute atomic E-state index is 0.0797. The highest BCUT2D eigenvalue weighted by Crippen LogP contribution is 2.29. The van der Waals surface area contributed by atoms with Gasteiger partial charge in [0.15, 0.2) is 0 Å². The first-order valence-electron chi connectivity index (χ1n) is 5.67. The van der Waals surface area contributed by atoms with E-state index >= 15 is 0 Å². The molecule has 16 heavy (non-hydrogen) atoms. The third kappa shape index (κ3) is 5.96. The van der Waals surface area contributed by atoms with Gasteiger partial charge in [-0.05, 0) is 37.7 Å². The zero-order valence-corrected chi connectivity index (χ0v) is 10.3. The van der Waals surface area contributed by atoms with Gasteiger partial charge in [-0.15, -0.1) is 0 Å². The van der Waals surface area contributed by atoms with Crippen LogP contribution >= 0.6 is 11.8 Å². The lowest BCUT2D eigenvalue weighted by Gasteiger charge is -2.33. The molecule has 0 aromatic carbocycles. The summed E-state index contributed by atoms with van der Waals surface area (Å²) in [6.07, 6.45) is 2.21. The van der Waals surface area contributed by atoms with Crippen LogP contribution < -0.4 is 5.32 Å². The van der Waals surface area contributed by atoms with Crippen LogP contribution in [0.5, 0.6) is 0 Å². The molecule has 1 heterocycles. The number of rotatable bonds is 5. The average Bonchev–Trinajstić information content (AvgIpc) is 2.17. The Morgan fingerprint density at radius 3 is 2.81 bits per heavy atom. The summed E-state index contributed by atoms with van der Waals surface area (Å²) in [5, 5.41) is 3.35. The quantitative estimate of drug-likeness (QED) is 0.812. The zero-order valence-electron chi connectivity index (χ0n) is 9.52. The molecule has 0 saturated carbocycles. The molecular formula is C10H19F3N2S. The van der Waals surface area contributed by atoms with Crippen LogP contribution in [0.3, 0.4) is 0 Å². The Balaban J connectivity index is 2.16. The van der Waals surface area contributed by atoms with Gasteiger partial charge in [0.2, 0.25) is 0 Å². The molecule has 1 aliphatic rings. The summed E-state index contributed by atoms with van der Waals surface area (Å²) >= 11 is 0.0797. The van der Waals surface area contributed by atoms with E-state index in [4.69, 9.17) is 0 Å². The topological polar surface area (TPSA) is 15.3 Å². The number of hydrogen-bond acceptors (Lipinski definition) is 3. The normalized spacial score (nSPS) is 23.6. The molecule has 1 saturated heterocycles. The summed E-state index contributed by atoms with van der Waals surface area (Å²) in [5.74, 6) is 0.141. The van der Waals surface area contributed by atoms with Crippen LogP contribution in [0.4, 0.5) is 13.2 Å². The second kappa shape index (κ2) is 6.71. The number of nitrogens with zero attached hydrogens (tertiary/aromatic N) is 1. The van der Waals surface area contributed by atoms with E-state index in [0.29, 0.717) is 12.6 Å². The highest BCUT2D eigenvalue weighted by atomic mass is 32.2. The van der Waals surface area contributed by atoms with Gasteiger partial charge in [-0.25, -0.2) is 0 Å². The van der Waals surface area contributed by atoms with Crippen LogP contribution in [0.15, 0.2) is 0 Å². The van der Waals surface area contributed by atoms with E-state index in [2.05, 4.69) is 17.1 Å². The average molecular weight is 256 g/mol. The molecule has 6 heteroatoms. The van der Waals surface area contributed by atoms with Crippen molar-refractivity contribution >= 4 is 11.8 Å². The Bertz CT molecular complexity index is 197. The predicted molar refractivity (Wildman–Crippen MR) is 61.7 cm³/mol. The van der Waals surface area contributed by atoms with Crippen molar-refractivity contribution in [2.75, 3.05) is 31.9 Å². The molecule has 2 nitrogen and oxygen atoms in total. The number of nitrogens with one attached hydrogen (secondary N) is 1. The number of likely N-dealkylation sites (tertiary alicyclic amines) is 1. The second-order valence-corrected chi connectivity index (χ2v) is 5.15. The van der Waals surface area contributed by atoms with Gasteiger partial charge < -0.3 is 10.2 Å². The fourth-order valence-electron chi connectivity index (χ4n) is 2.00. The maximum Gasteiger partial charge on any atom is 0.441 e. The summed E-state index contributed by atoms with van der Waals surface area (Å²) in [4.78, 5) is 2.12. The van der Waals surface area contributed by atoms with Gasteiger partial charge in [0.25, 0.3) is 0 Å². The molecule has 0 aromatic heterocycles. The van der Waals surface area contributed by atoms with Gasteiger partial charge in [0, 0.05) is 24.9 Å². The number of halogens is 3. The minimum atomic E-state index is -4.09. The Morgan fingerprint density at radius 2 is 2.19 bits per heavy atom. The molecule has 1 rings (SSSR count). The Labute approximate surface area is 98.9 Å². The predicted octanol–water partition coefficient (Wildman–Crippen LogP) is 2.31. The first kappa shape index (κ1) is 14.1. The van der Waals surface area contributed by atoms with Crippen molar-refractivity contribution in [1.29, 1.82) is 0 Å². The van der Waals surface area contributed by atoms with Crippen LogP contribution in [-0.2, 0) is 0 Å². The number of hydrogen-bond donors (Lipinski definition) is 1. The van der Waals surface area contributed by atoms with Gasteiger partial charge in [-0.3, -0.25) is 0 Å². The van der Waals surface area contributed by atoms with E-state index in [-0.39, 0.29) is 17.5 Å². The molecular weight excluding hydrogens is 237 g/mol. The van der Waals surface area contributed by atoms with Crippen molar-refractivity contribution in [2.24, 2.45) is 0 Å². The van der Waals surface area contributed by atoms with Gasteiger partial charge >= 0.3 is 5.51 Å². The standard InChI is InChI=1S/C10H19F3N2S/c1-2-14-9-4-3-5-15(8-9)6-7-16-10(11,12)13/h9,14H,2-8H2,1H3. The number of piperidine rings is 1. The SMILES string of the molecule is CCNC1CCCN(CCSC(F)(F)F)C1. The fourth-order valence-corrected chi connectivity index (χ4v) is 2.59. The monoisotopic (exact) mass is 256 g/mol. The molecule has 1 atom stereocenters. The molecule has 96 valence electrons. The summed E-state index contributed by atoms with van der Waals surface area (Å²) in [6.45, 7) is 5.33. The lowest BCUT2D eigenvalue weighted by atomic mass is 10.1. The van der Waals surface area contributed by atoms with Gasteiger partial charge in [0.1, 0.15) is 0 Å². The third-order valence-electron chi connectivity index (χ3n) is 2.67. The maximum atomic E-state index is 11.9. The molecule has 1 aliphatic heterocycles. The van der Waals surface area contributed by atoms with Crippen molar-refractivity contribution < 1.29 is 13.2 Å². The Hall–Kier alpha value is 0.0600. The van der Waals surface area contributed by atoms with E-state index in [1.54, 1.807) is 0 Å². The van der Waals surface area contributed by atoms with E-state index in [9.17, 15) is 13.2 Å². The first-order valence-corrected chi connectivity index (χ1v) is 6.66. The van der Waals surface area contributed by atoms with Crippen molar-refractivity contribution in [1.82, 2.24) is 10.2 Å². The number of thioether (sulfide) groups is 1. The van der Waals surface area contributed by atoms with Crippen molar-refractivity contribution in [3.63, 3.8) is 0 Å². The van der Waals surface area contributed by atoms with Crippen molar-refractivity contribution in [2.45, 2.75) is 31.3 Å². The molecule has 0 aromatic rings. The fraction of sp³-hybridized carbons (Fsp3) is 1.00. The molecule has 0 spiro atoms. The molecule has 0 radical (unpaired) electrons. The second-order valence-electron chi connectivity index (χ2n) is 3.99. The van der Waals surface area contributed by atoms with E-state index < -0.39 is 5.51 Å². The summed E-state index contributed by atoms with van der Waals surface area (Å²) in [7, 11) is 0. The molecule has 0 amide bonds. The van der Waals surface area contributed by atoms with Gasteiger partial charge in [0.05, 0.1) is 0 Å². The first-order chi connectivity index (χ1) is 7.51. The number of likely N-dealkylation sites (N-methyl/N-ethyl adjacent to an activating group) is 1. The summed E-state index contributed by atoms with van der Waals surface area (Å²) in [5.41, 5.74) is -4.09. The maximum absolute atomic E-state index is 11.9. The summed E-state index contributed by atoms with van der Waals surface area (Å²) in [6, 6.07) is 0.453. The lowest BCUT2D eigenvalue weighted by molar-refractivity contribution is -0.0329. The van der Waals surface area contributed by atoms with E-state index in [0.717, 1.165) is 32.5 Å². The van der Waals surface area contributed by atoms with Crippen LogP contribution in [0.1, 0.15) is 19.8 Å². The van der Waals surface area contributed by atoms with E-state index in [1.165, 1.54) is 0 Å². The van der Waals surface area contributed by atoms with Crippen LogP contribution in [0.2, 0.25) is 0 Å². The highest BCUT2D eigenvalue weighted by Gasteiger charge is 2.28. The van der Waals surface area contributed by atoms with Gasteiger partial charge in [-0.1, -0.05) is 6.92 Å². The molecule has 1 unspecified atom stereocenters. The molecule has 1 N–H and O–H groups in total. The smallest absolute Gasteiger partial charge is 0.313 e. The van der Waals surface area contributed by atoms with E-state index in [1.807, 2.05) is 0 Å². The van der Waals surface area contributed by atoms with Crippen LogP contribution in [0, 0.1) is 0 Å². The largest absolute Gasteiger partial charge is 0.441 e. The van der Waals surface area contributed by atoms with Gasteiger partial charge in [-0.2, -0.15) is 13.2 Å².